The van der Waals surface area contributed by atoms with E-state index in [0.717, 1.165) is 0 Å². The fraction of sp³-hybridized carbons (Fsp3) is 0.500. The third-order valence-electron chi connectivity index (χ3n) is 1.96. The van der Waals surface area contributed by atoms with Crippen LogP contribution in [0.4, 0.5) is 0 Å². The van der Waals surface area contributed by atoms with Gasteiger partial charge in [0.25, 0.3) is 5.91 Å². The van der Waals surface area contributed by atoms with Crippen molar-refractivity contribution in [3.05, 3.63) is 24.2 Å². The first kappa shape index (κ1) is 12.0. The van der Waals surface area contributed by atoms with Crippen LogP contribution in [0.5, 0.6) is 0 Å². The molecule has 1 aromatic heterocycles. The first-order valence-electron chi connectivity index (χ1n) is 4.74. The van der Waals surface area contributed by atoms with Gasteiger partial charge < -0.3 is 9.73 Å². The zero-order valence-electron chi connectivity index (χ0n) is 8.86. The smallest absolute Gasteiger partial charge is 0.287 e. The highest BCUT2D eigenvalue weighted by Gasteiger charge is 2.11. The average Bonchev–Trinajstić information content (AvgIpc) is 2.67. The molecular weight excluding hydrogens is 214 g/mol. The van der Waals surface area contributed by atoms with Crippen LogP contribution in [0, 0.1) is 0 Å². The van der Waals surface area contributed by atoms with Gasteiger partial charge in [-0.1, -0.05) is 0 Å². The summed E-state index contributed by atoms with van der Waals surface area (Å²) in [5.41, 5.74) is 0. The van der Waals surface area contributed by atoms with E-state index in [1.807, 2.05) is 6.92 Å². The summed E-state index contributed by atoms with van der Waals surface area (Å²) >= 11 is 0. The van der Waals surface area contributed by atoms with Crippen LogP contribution in [-0.4, -0.2) is 28.2 Å². The third kappa shape index (κ3) is 4.29. The molecule has 1 N–H and O–H groups in total. The first-order chi connectivity index (χ1) is 7.09. The monoisotopic (exact) mass is 229 g/mol. The van der Waals surface area contributed by atoms with Gasteiger partial charge in [0.1, 0.15) is 0 Å². The molecule has 0 saturated heterocycles. The molecule has 0 spiro atoms. The molecule has 1 amide bonds. The van der Waals surface area contributed by atoms with E-state index in [-0.39, 0.29) is 11.9 Å². The van der Waals surface area contributed by atoms with Gasteiger partial charge in [0.05, 0.1) is 6.26 Å². The van der Waals surface area contributed by atoms with Crippen LogP contribution in [0.1, 0.15) is 23.9 Å². The summed E-state index contributed by atoms with van der Waals surface area (Å²) < 4.78 is 15.8. The lowest BCUT2D eigenvalue weighted by Crippen LogP contribution is -2.33. The van der Waals surface area contributed by atoms with Gasteiger partial charge in [-0.2, -0.15) is 0 Å². The number of hydrogen-bond acceptors (Lipinski definition) is 3. The normalized spacial score (nSPS) is 14.5. The zero-order valence-corrected chi connectivity index (χ0v) is 9.67. The van der Waals surface area contributed by atoms with Crippen LogP contribution in [0.25, 0.3) is 0 Å². The molecule has 1 heterocycles. The van der Waals surface area contributed by atoms with Gasteiger partial charge in [-0.15, -0.1) is 0 Å². The summed E-state index contributed by atoms with van der Waals surface area (Å²) in [5.74, 6) is 0.674. The lowest BCUT2D eigenvalue weighted by Gasteiger charge is -2.11. The first-order valence-corrected chi connectivity index (χ1v) is 6.46. The van der Waals surface area contributed by atoms with Crippen molar-refractivity contribution >= 4 is 16.7 Å². The Labute approximate surface area is 91.5 Å². The number of amides is 1. The van der Waals surface area contributed by atoms with Crippen LogP contribution < -0.4 is 5.32 Å². The second-order valence-electron chi connectivity index (χ2n) is 3.42. The van der Waals surface area contributed by atoms with E-state index in [1.165, 1.54) is 6.26 Å². The van der Waals surface area contributed by atoms with Gasteiger partial charge in [0.15, 0.2) is 5.76 Å². The van der Waals surface area contributed by atoms with Crippen LogP contribution in [0.3, 0.4) is 0 Å². The highest BCUT2D eigenvalue weighted by atomic mass is 32.2. The van der Waals surface area contributed by atoms with Crippen LogP contribution in [0.2, 0.25) is 0 Å². The summed E-state index contributed by atoms with van der Waals surface area (Å²) in [7, 11) is -0.812. The lowest BCUT2D eigenvalue weighted by atomic mass is 10.2. The summed E-state index contributed by atoms with van der Waals surface area (Å²) in [6, 6.07) is 3.28. The Morgan fingerprint density at radius 1 is 1.67 bits per heavy atom. The minimum atomic E-state index is -0.812. The van der Waals surface area contributed by atoms with Crippen molar-refractivity contribution in [3.8, 4) is 0 Å². The number of hydrogen-bond donors (Lipinski definition) is 1. The van der Waals surface area contributed by atoms with Crippen molar-refractivity contribution in [2.75, 3.05) is 12.0 Å². The van der Waals surface area contributed by atoms with E-state index >= 15 is 0 Å². The molecule has 0 bridgehead atoms. The minimum absolute atomic E-state index is 0.00602. The molecule has 5 heteroatoms. The van der Waals surface area contributed by atoms with Crippen molar-refractivity contribution in [1.29, 1.82) is 0 Å². The van der Waals surface area contributed by atoms with E-state index in [4.69, 9.17) is 4.42 Å². The van der Waals surface area contributed by atoms with Gasteiger partial charge in [-0.3, -0.25) is 9.00 Å². The molecule has 0 radical (unpaired) electrons. The Kier molecular flexibility index (Phi) is 4.55. The maximum atomic E-state index is 11.5. The topological polar surface area (TPSA) is 59.3 Å². The van der Waals surface area contributed by atoms with Gasteiger partial charge in [-0.05, 0) is 25.5 Å². The number of rotatable bonds is 5. The van der Waals surface area contributed by atoms with Crippen molar-refractivity contribution in [3.63, 3.8) is 0 Å². The quantitative estimate of drug-likeness (QED) is 0.824. The molecule has 0 fully saturated rings. The molecule has 1 rings (SSSR count). The number of furan rings is 1. The molecule has 15 heavy (non-hydrogen) atoms. The SMILES string of the molecule is CC(CCS(C)=O)NC(=O)c1ccco1. The maximum Gasteiger partial charge on any atom is 0.287 e. The number of carbonyl (C=O) groups excluding carboxylic acids is 1. The zero-order chi connectivity index (χ0) is 11.3. The van der Waals surface area contributed by atoms with Gasteiger partial charge in [0, 0.05) is 28.9 Å². The molecule has 0 saturated carbocycles. The molecule has 2 atom stereocenters. The van der Waals surface area contributed by atoms with E-state index in [1.54, 1.807) is 18.4 Å². The second-order valence-corrected chi connectivity index (χ2v) is 4.97. The van der Waals surface area contributed by atoms with Gasteiger partial charge in [0.2, 0.25) is 0 Å². The molecule has 0 aliphatic carbocycles. The molecule has 2 unspecified atom stereocenters. The molecule has 0 aliphatic rings. The summed E-state index contributed by atoms with van der Waals surface area (Å²) in [6.07, 6.45) is 3.82. The van der Waals surface area contributed by atoms with E-state index < -0.39 is 10.8 Å². The van der Waals surface area contributed by atoms with Crippen LogP contribution >= 0.6 is 0 Å². The Morgan fingerprint density at radius 2 is 2.40 bits per heavy atom. The minimum Gasteiger partial charge on any atom is -0.459 e. The van der Waals surface area contributed by atoms with E-state index in [2.05, 4.69) is 5.32 Å². The number of carbonyl (C=O) groups is 1. The Balaban J connectivity index is 2.35. The summed E-state index contributed by atoms with van der Waals surface area (Å²) in [4.78, 5) is 11.5. The van der Waals surface area contributed by atoms with E-state index in [9.17, 15) is 9.00 Å². The Morgan fingerprint density at radius 3 is 2.93 bits per heavy atom. The fourth-order valence-electron chi connectivity index (χ4n) is 1.12. The van der Waals surface area contributed by atoms with Crippen LogP contribution in [0.15, 0.2) is 22.8 Å². The van der Waals surface area contributed by atoms with Crippen LogP contribution in [-0.2, 0) is 10.8 Å². The highest BCUT2D eigenvalue weighted by Crippen LogP contribution is 2.01. The van der Waals surface area contributed by atoms with Crippen molar-refractivity contribution < 1.29 is 13.4 Å². The molecule has 4 nitrogen and oxygen atoms in total. The number of nitrogens with one attached hydrogen (secondary N) is 1. The van der Waals surface area contributed by atoms with E-state index in [0.29, 0.717) is 17.9 Å². The maximum absolute atomic E-state index is 11.5. The lowest BCUT2D eigenvalue weighted by molar-refractivity contribution is 0.0911. The molecule has 1 aromatic rings. The largest absolute Gasteiger partial charge is 0.459 e. The second kappa shape index (κ2) is 5.70. The average molecular weight is 229 g/mol. The molecular formula is C10H15NO3S. The predicted molar refractivity (Wildman–Crippen MR) is 59.2 cm³/mol. The third-order valence-corrected chi connectivity index (χ3v) is 2.77. The fourth-order valence-corrected chi connectivity index (χ4v) is 1.80. The predicted octanol–water partition coefficient (Wildman–Crippen LogP) is 1.17. The Hall–Kier alpha value is -1.10. The molecule has 0 aromatic carbocycles. The Bertz CT molecular complexity index is 334. The standard InChI is InChI=1S/C10H15NO3S/c1-8(5-7-15(2)13)11-10(12)9-4-3-6-14-9/h3-4,6,8H,5,7H2,1-2H3,(H,11,12). The molecule has 0 aliphatic heterocycles. The van der Waals surface area contributed by atoms with Gasteiger partial charge >= 0.3 is 0 Å². The van der Waals surface area contributed by atoms with Crippen molar-refractivity contribution in [1.82, 2.24) is 5.32 Å². The van der Waals surface area contributed by atoms with Gasteiger partial charge in [-0.25, -0.2) is 0 Å². The summed E-state index contributed by atoms with van der Waals surface area (Å²) in [5, 5.41) is 2.77. The highest BCUT2D eigenvalue weighted by molar-refractivity contribution is 7.84. The summed E-state index contributed by atoms with van der Waals surface area (Å²) in [6.45, 7) is 1.88. The molecule has 84 valence electrons. The van der Waals surface area contributed by atoms with Crippen molar-refractivity contribution in [2.45, 2.75) is 19.4 Å². The van der Waals surface area contributed by atoms with Crippen molar-refractivity contribution in [2.24, 2.45) is 0 Å².